The molecule has 0 aliphatic heterocycles. The molecule has 0 aliphatic carbocycles. The topological polar surface area (TPSA) is 9.23 Å². The standard InChI is InChI=1S/C9H21OSi/c1-10-8-6-5-7-9-11(2,3)4/h1,5-9H2,2-4H3. The zero-order valence-corrected chi connectivity index (χ0v) is 9.15. The van der Waals surface area contributed by atoms with Crippen LogP contribution in [0.1, 0.15) is 19.3 Å². The Morgan fingerprint density at radius 1 is 1.09 bits per heavy atom. The van der Waals surface area contributed by atoms with Crippen LogP contribution in [0.3, 0.4) is 0 Å². The molecule has 0 fully saturated rings. The largest absolute Gasteiger partial charge is 0.379 e. The molecule has 2 heteroatoms. The summed E-state index contributed by atoms with van der Waals surface area (Å²) >= 11 is 0. The van der Waals surface area contributed by atoms with Crippen LogP contribution in [-0.2, 0) is 4.74 Å². The van der Waals surface area contributed by atoms with Gasteiger partial charge in [0.2, 0.25) is 0 Å². The van der Waals surface area contributed by atoms with Crippen LogP contribution in [0.5, 0.6) is 0 Å². The molecule has 0 bridgehead atoms. The monoisotopic (exact) mass is 173 g/mol. The van der Waals surface area contributed by atoms with E-state index in [4.69, 9.17) is 4.74 Å². The Kier molecular flexibility index (Phi) is 5.87. The zero-order valence-electron chi connectivity index (χ0n) is 8.15. The van der Waals surface area contributed by atoms with Gasteiger partial charge in [-0.05, 0) is 6.42 Å². The molecule has 0 N–H and O–H groups in total. The summed E-state index contributed by atoms with van der Waals surface area (Å²) in [6.45, 7) is 8.09. The Morgan fingerprint density at radius 3 is 2.18 bits per heavy atom. The van der Waals surface area contributed by atoms with E-state index in [2.05, 4.69) is 26.8 Å². The van der Waals surface area contributed by atoms with Crippen molar-refractivity contribution in [3.63, 3.8) is 0 Å². The predicted molar refractivity (Wildman–Crippen MR) is 53.3 cm³/mol. The quantitative estimate of drug-likeness (QED) is 0.442. The van der Waals surface area contributed by atoms with E-state index < -0.39 is 8.07 Å². The summed E-state index contributed by atoms with van der Waals surface area (Å²) in [5.74, 6) is 0. The van der Waals surface area contributed by atoms with Gasteiger partial charge in [0.15, 0.2) is 0 Å². The van der Waals surface area contributed by atoms with Gasteiger partial charge in [-0.15, -0.1) is 0 Å². The SMILES string of the molecule is [CH2]OCCCCC[Si](C)(C)C. The normalized spacial score (nSPS) is 12.0. The minimum Gasteiger partial charge on any atom is -0.379 e. The van der Waals surface area contributed by atoms with Gasteiger partial charge in [0.05, 0.1) is 7.11 Å². The molecular formula is C9H21OSi. The fraction of sp³-hybridized carbons (Fsp3) is 0.889. The zero-order chi connectivity index (χ0) is 8.74. The Balaban J connectivity index is 3.02. The minimum absolute atomic E-state index is 0.774. The van der Waals surface area contributed by atoms with E-state index >= 15 is 0 Å². The van der Waals surface area contributed by atoms with Crippen molar-refractivity contribution in [1.82, 2.24) is 0 Å². The molecule has 0 aromatic heterocycles. The molecule has 0 saturated carbocycles. The lowest BCUT2D eigenvalue weighted by Gasteiger charge is -2.14. The van der Waals surface area contributed by atoms with E-state index in [9.17, 15) is 0 Å². The third-order valence-corrected chi connectivity index (χ3v) is 3.57. The highest BCUT2D eigenvalue weighted by atomic mass is 28.3. The fourth-order valence-electron chi connectivity index (χ4n) is 1.04. The molecule has 11 heavy (non-hydrogen) atoms. The van der Waals surface area contributed by atoms with Gasteiger partial charge in [-0.3, -0.25) is 0 Å². The molecule has 0 heterocycles. The average molecular weight is 173 g/mol. The van der Waals surface area contributed by atoms with Crippen molar-refractivity contribution in [2.45, 2.75) is 44.9 Å². The number of unbranched alkanes of at least 4 members (excludes halogenated alkanes) is 2. The Labute approximate surface area is 72.2 Å². The molecule has 0 aliphatic rings. The Bertz CT molecular complexity index is 86.1. The van der Waals surface area contributed by atoms with Crippen LogP contribution < -0.4 is 0 Å². The molecule has 0 rings (SSSR count). The van der Waals surface area contributed by atoms with Crippen LogP contribution in [0.25, 0.3) is 0 Å². The van der Waals surface area contributed by atoms with Gasteiger partial charge in [-0.2, -0.15) is 0 Å². The molecule has 0 amide bonds. The van der Waals surface area contributed by atoms with Crippen molar-refractivity contribution in [1.29, 1.82) is 0 Å². The number of hydrogen-bond donors (Lipinski definition) is 0. The average Bonchev–Trinajstić information content (AvgIpc) is 1.85. The van der Waals surface area contributed by atoms with E-state index in [0.717, 1.165) is 6.61 Å². The van der Waals surface area contributed by atoms with Crippen LogP contribution in [-0.4, -0.2) is 14.7 Å². The van der Waals surface area contributed by atoms with Crippen LogP contribution >= 0.6 is 0 Å². The molecule has 0 saturated heterocycles. The number of rotatable bonds is 6. The first kappa shape index (κ1) is 11.2. The van der Waals surface area contributed by atoms with E-state index in [-0.39, 0.29) is 0 Å². The Hall–Kier alpha value is 0.177. The summed E-state index contributed by atoms with van der Waals surface area (Å²) in [5.41, 5.74) is 0. The van der Waals surface area contributed by atoms with Crippen LogP contribution in [0.15, 0.2) is 0 Å². The van der Waals surface area contributed by atoms with Crippen molar-refractivity contribution >= 4 is 8.07 Å². The molecule has 0 unspecified atom stereocenters. The number of ether oxygens (including phenoxy) is 1. The van der Waals surface area contributed by atoms with E-state index in [1.807, 2.05) is 0 Å². The Morgan fingerprint density at radius 2 is 1.73 bits per heavy atom. The summed E-state index contributed by atoms with van der Waals surface area (Å²) in [5, 5.41) is 0. The first-order chi connectivity index (χ1) is 5.06. The summed E-state index contributed by atoms with van der Waals surface area (Å²) in [6, 6.07) is 1.45. The highest BCUT2D eigenvalue weighted by Crippen LogP contribution is 2.13. The van der Waals surface area contributed by atoms with Crippen molar-refractivity contribution in [3.05, 3.63) is 7.11 Å². The maximum atomic E-state index is 4.74. The summed E-state index contributed by atoms with van der Waals surface area (Å²) in [4.78, 5) is 0. The van der Waals surface area contributed by atoms with E-state index in [0.29, 0.717) is 0 Å². The molecule has 0 spiro atoms. The van der Waals surface area contributed by atoms with Gasteiger partial charge in [0, 0.05) is 14.7 Å². The van der Waals surface area contributed by atoms with Gasteiger partial charge in [0.1, 0.15) is 0 Å². The van der Waals surface area contributed by atoms with Crippen molar-refractivity contribution in [2.75, 3.05) is 6.61 Å². The van der Waals surface area contributed by atoms with Gasteiger partial charge < -0.3 is 4.74 Å². The lowest BCUT2D eigenvalue weighted by Crippen LogP contribution is -2.18. The molecule has 67 valence electrons. The van der Waals surface area contributed by atoms with Crippen molar-refractivity contribution in [3.8, 4) is 0 Å². The molecule has 0 aromatic carbocycles. The predicted octanol–water partition coefficient (Wildman–Crippen LogP) is 3.30. The smallest absolute Gasteiger partial charge is 0.0700 e. The molecular weight excluding hydrogens is 152 g/mol. The highest BCUT2D eigenvalue weighted by molar-refractivity contribution is 6.76. The molecule has 1 radical (unpaired) electrons. The van der Waals surface area contributed by atoms with Crippen LogP contribution in [0.2, 0.25) is 25.7 Å². The van der Waals surface area contributed by atoms with E-state index in [1.54, 1.807) is 0 Å². The van der Waals surface area contributed by atoms with Gasteiger partial charge in [-0.1, -0.05) is 38.5 Å². The minimum atomic E-state index is -0.774. The lowest BCUT2D eigenvalue weighted by molar-refractivity contribution is 0.234. The van der Waals surface area contributed by atoms with Gasteiger partial charge in [0.25, 0.3) is 0 Å². The fourth-order valence-corrected chi connectivity index (χ4v) is 2.35. The van der Waals surface area contributed by atoms with Crippen molar-refractivity contribution in [2.24, 2.45) is 0 Å². The van der Waals surface area contributed by atoms with Gasteiger partial charge >= 0.3 is 0 Å². The molecule has 1 nitrogen and oxygen atoms in total. The second-order valence-corrected chi connectivity index (χ2v) is 9.90. The molecule has 0 aromatic rings. The van der Waals surface area contributed by atoms with Crippen LogP contribution in [0, 0.1) is 7.11 Å². The second kappa shape index (κ2) is 5.78. The highest BCUT2D eigenvalue weighted by Gasteiger charge is 2.11. The van der Waals surface area contributed by atoms with Crippen LogP contribution in [0.4, 0.5) is 0 Å². The van der Waals surface area contributed by atoms with E-state index in [1.165, 1.54) is 25.3 Å². The first-order valence-electron chi connectivity index (χ1n) is 4.43. The lowest BCUT2D eigenvalue weighted by atomic mass is 10.3. The van der Waals surface area contributed by atoms with Gasteiger partial charge in [-0.25, -0.2) is 0 Å². The number of hydrogen-bond acceptors (Lipinski definition) is 1. The summed E-state index contributed by atoms with van der Waals surface area (Å²) < 4.78 is 4.74. The summed E-state index contributed by atoms with van der Waals surface area (Å²) in [7, 11) is 2.57. The maximum Gasteiger partial charge on any atom is 0.0700 e. The maximum absolute atomic E-state index is 4.74. The molecule has 0 atom stereocenters. The first-order valence-corrected chi connectivity index (χ1v) is 8.14. The van der Waals surface area contributed by atoms with Crippen molar-refractivity contribution < 1.29 is 4.74 Å². The summed E-state index contributed by atoms with van der Waals surface area (Å²) in [6.07, 6.45) is 3.85. The third-order valence-electron chi connectivity index (χ3n) is 1.72. The third kappa shape index (κ3) is 10.2. The second-order valence-electron chi connectivity index (χ2n) is 4.28.